The topological polar surface area (TPSA) is 95.8 Å². The second kappa shape index (κ2) is 8.91. The van der Waals surface area contributed by atoms with Gasteiger partial charge in [0.2, 0.25) is 5.91 Å². The molecule has 1 saturated heterocycles. The minimum Gasteiger partial charge on any atom is -0.368 e. The summed E-state index contributed by atoms with van der Waals surface area (Å²) in [5.74, 6) is -0.347. The molecule has 0 radical (unpaired) electrons. The number of hydrogen-bond donors (Lipinski definition) is 1. The standard InChI is InChI=1S/C20H21ClN4O4/c1-2-19(26)24-11-9-23(10-12-24)15-5-3-14(4-6-15)22-20(27)17-13-16(25(28)29)7-8-18(17)21/h3-8,13H,2,9-12H2,1H3,(H,22,27). The molecule has 0 aliphatic carbocycles. The van der Waals surface area contributed by atoms with Crippen LogP contribution in [0.15, 0.2) is 42.5 Å². The highest BCUT2D eigenvalue weighted by atomic mass is 35.5. The molecule has 0 atom stereocenters. The number of halogens is 1. The van der Waals surface area contributed by atoms with E-state index >= 15 is 0 Å². The number of hydrogen-bond acceptors (Lipinski definition) is 5. The number of non-ortho nitro benzene ring substituents is 1. The first kappa shape index (κ1) is 20.6. The summed E-state index contributed by atoms with van der Waals surface area (Å²) < 4.78 is 0. The van der Waals surface area contributed by atoms with E-state index in [9.17, 15) is 19.7 Å². The molecule has 1 fully saturated rings. The lowest BCUT2D eigenvalue weighted by Gasteiger charge is -2.36. The van der Waals surface area contributed by atoms with Crippen LogP contribution in [-0.4, -0.2) is 47.8 Å². The number of carbonyl (C=O) groups excluding carboxylic acids is 2. The molecule has 1 N–H and O–H groups in total. The molecule has 3 rings (SSSR count). The predicted molar refractivity (Wildman–Crippen MR) is 112 cm³/mol. The quantitative estimate of drug-likeness (QED) is 0.593. The maximum atomic E-state index is 12.5. The molecular weight excluding hydrogens is 396 g/mol. The minimum atomic E-state index is -0.574. The first-order chi connectivity index (χ1) is 13.9. The summed E-state index contributed by atoms with van der Waals surface area (Å²) in [7, 11) is 0. The summed E-state index contributed by atoms with van der Waals surface area (Å²) in [6, 6.07) is 11.1. The van der Waals surface area contributed by atoms with E-state index in [1.54, 1.807) is 12.1 Å². The SMILES string of the molecule is CCC(=O)N1CCN(c2ccc(NC(=O)c3cc([N+](=O)[O-])ccc3Cl)cc2)CC1. The van der Waals surface area contributed by atoms with Gasteiger partial charge in [0.15, 0.2) is 0 Å². The fraction of sp³-hybridized carbons (Fsp3) is 0.300. The van der Waals surface area contributed by atoms with Crippen molar-refractivity contribution in [2.75, 3.05) is 36.4 Å². The molecule has 0 unspecified atom stereocenters. The Hall–Kier alpha value is -3.13. The Labute approximate surface area is 173 Å². The lowest BCUT2D eigenvalue weighted by atomic mass is 10.1. The van der Waals surface area contributed by atoms with Crippen LogP contribution in [0.4, 0.5) is 17.1 Å². The Morgan fingerprint density at radius 2 is 1.76 bits per heavy atom. The smallest absolute Gasteiger partial charge is 0.270 e. The maximum absolute atomic E-state index is 12.5. The Morgan fingerprint density at radius 3 is 2.34 bits per heavy atom. The van der Waals surface area contributed by atoms with Gasteiger partial charge in [-0.25, -0.2) is 0 Å². The number of carbonyl (C=O) groups is 2. The van der Waals surface area contributed by atoms with Gasteiger partial charge >= 0.3 is 0 Å². The molecule has 2 aromatic rings. The minimum absolute atomic E-state index is 0.0432. The maximum Gasteiger partial charge on any atom is 0.270 e. The molecule has 2 amide bonds. The molecule has 8 nitrogen and oxygen atoms in total. The molecule has 1 heterocycles. The van der Waals surface area contributed by atoms with Crippen molar-refractivity contribution in [1.82, 2.24) is 4.90 Å². The van der Waals surface area contributed by atoms with Gasteiger partial charge in [-0.2, -0.15) is 0 Å². The summed E-state index contributed by atoms with van der Waals surface area (Å²) >= 11 is 6.02. The molecule has 0 spiro atoms. The summed E-state index contributed by atoms with van der Waals surface area (Å²) in [5, 5.41) is 13.8. The molecule has 29 heavy (non-hydrogen) atoms. The van der Waals surface area contributed by atoms with Crippen LogP contribution in [0.5, 0.6) is 0 Å². The van der Waals surface area contributed by atoms with Crippen molar-refractivity contribution in [1.29, 1.82) is 0 Å². The van der Waals surface area contributed by atoms with Crippen LogP contribution in [0, 0.1) is 10.1 Å². The van der Waals surface area contributed by atoms with E-state index in [0.29, 0.717) is 25.2 Å². The number of benzene rings is 2. The number of nitrogens with one attached hydrogen (secondary N) is 1. The van der Waals surface area contributed by atoms with E-state index < -0.39 is 10.8 Å². The average molecular weight is 417 g/mol. The second-order valence-electron chi connectivity index (χ2n) is 6.64. The Bertz CT molecular complexity index is 925. The van der Waals surface area contributed by atoms with Crippen LogP contribution in [-0.2, 0) is 4.79 Å². The van der Waals surface area contributed by atoms with Crippen molar-refractivity contribution in [3.63, 3.8) is 0 Å². The van der Waals surface area contributed by atoms with E-state index in [0.717, 1.165) is 24.8 Å². The first-order valence-corrected chi connectivity index (χ1v) is 9.65. The number of piperazine rings is 1. The third-order valence-corrected chi connectivity index (χ3v) is 5.16. The zero-order valence-electron chi connectivity index (χ0n) is 15.9. The number of nitro benzene ring substituents is 1. The fourth-order valence-corrected chi connectivity index (χ4v) is 3.40. The summed E-state index contributed by atoms with van der Waals surface area (Å²) in [6.07, 6.45) is 0.517. The molecule has 1 aliphatic rings. The van der Waals surface area contributed by atoms with Crippen LogP contribution in [0.2, 0.25) is 5.02 Å². The number of rotatable bonds is 5. The molecule has 1 aliphatic heterocycles. The zero-order chi connectivity index (χ0) is 21.0. The Morgan fingerprint density at radius 1 is 1.10 bits per heavy atom. The van der Waals surface area contributed by atoms with Crippen molar-refractivity contribution >= 4 is 40.5 Å². The first-order valence-electron chi connectivity index (χ1n) is 9.27. The monoisotopic (exact) mass is 416 g/mol. The normalized spacial score (nSPS) is 13.9. The summed E-state index contributed by atoms with van der Waals surface area (Å²) in [5.41, 5.74) is 1.40. The van der Waals surface area contributed by atoms with Crippen LogP contribution < -0.4 is 10.2 Å². The van der Waals surface area contributed by atoms with Crippen LogP contribution in [0.1, 0.15) is 23.7 Å². The third-order valence-electron chi connectivity index (χ3n) is 4.83. The lowest BCUT2D eigenvalue weighted by Crippen LogP contribution is -2.48. The largest absolute Gasteiger partial charge is 0.368 e. The third kappa shape index (κ3) is 4.83. The van der Waals surface area contributed by atoms with Gasteiger partial charge in [-0.3, -0.25) is 19.7 Å². The van der Waals surface area contributed by atoms with E-state index in [-0.39, 0.29) is 22.2 Å². The summed E-state index contributed by atoms with van der Waals surface area (Å²) in [4.78, 5) is 38.6. The predicted octanol–water partition coefficient (Wildman–Crippen LogP) is 3.56. The van der Waals surface area contributed by atoms with Gasteiger partial charge in [-0.15, -0.1) is 0 Å². The van der Waals surface area contributed by atoms with Crippen molar-refractivity contribution in [3.8, 4) is 0 Å². The summed E-state index contributed by atoms with van der Waals surface area (Å²) in [6.45, 7) is 4.75. The highest BCUT2D eigenvalue weighted by molar-refractivity contribution is 6.34. The van der Waals surface area contributed by atoms with Crippen molar-refractivity contribution in [2.24, 2.45) is 0 Å². The average Bonchev–Trinajstić information content (AvgIpc) is 2.74. The van der Waals surface area contributed by atoms with Gasteiger partial charge in [-0.1, -0.05) is 18.5 Å². The highest BCUT2D eigenvalue weighted by Gasteiger charge is 2.20. The highest BCUT2D eigenvalue weighted by Crippen LogP contribution is 2.24. The van der Waals surface area contributed by atoms with Crippen molar-refractivity contribution in [3.05, 3.63) is 63.2 Å². The number of anilines is 2. The number of amides is 2. The Kier molecular flexibility index (Phi) is 6.33. The van der Waals surface area contributed by atoms with E-state index in [1.165, 1.54) is 12.1 Å². The van der Waals surface area contributed by atoms with Gasteiger partial charge < -0.3 is 15.1 Å². The molecule has 0 bridgehead atoms. The molecule has 152 valence electrons. The van der Waals surface area contributed by atoms with Gasteiger partial charge in [-0.05, 0) is 30.3 Å². The van der Waals surface area contributed by atoms with Gasteiger partial charge in [0.25, 0.3) is 11.6 Å². The van der Waals surface area contributed by atoms with Gasteiger partial charge in [0.1, 0.15) is 0 Å². The van der Waals surface area contributed by atoms with Crippen LogP contribution >= 0.6 is 11.6 Å². The second-order valence-corrected chi connectivity index (χ2v) is 7.05. The molecular formula is C20H21ClN4O4. The molecule has 0 aromatic heterocycles. The van der Waals surface area contributed by atoms with Gasteiger partial charge in [0.05, 0.1) is 15.5 Å². The van der Waals surface area contributed by atoms with Crippen molar-refractivity contribution in [2.45, 2.75) is 13.3 Å². The zero-order valence-corrected chi connectivity index (χ0v) is 16.7. The van der Waals surface area contributed by atoms with Crippen LogP contribution in [0.3, 0.4) is 0 Å². The molecule has 0 saturated carbocycles. The van der Waals surface area contributed by atoms with Crippen LogP contribution in [0.25, 0.3) is 0 Å². The number of nitro groups is 1. The van der Waals surface area contributed by atoms with Crippen molar-refractivity contribution < 1.29 is 14.5 Å². The Balaban J connectivity index is 1.64. The van der Waals surface area contributed by atoms with E-state index in [2.05, 4.69) is 10.2 Å². The fourth-order valence-electron chi connectivity index (χ4n) is 3.19. The van der Waals surface area contributed by atoms with Gasteiger partial charge in [0, 0.05) is 56.1 Å². The number of nitrogens with zero attached hydrogens (tertiary/aromatic N) is 3. The van der Waals surface area contributed by atoms with E-state index in [4.69, 9.17) is 11.6 Å². The molecule has 9 heteroatoms. The molecule has 2 aromatic carbocycles. The lowest BCUT2D eigenvalue weighted by molar-refractivity contribution is -0.384. The van der Waals surface area contributed by atoms with E-state index in [1.807, 2.05) is 24.0 Å².